The summed E-state index contributed by atoms with van der Waals surface area (Å²) in [5, 5.41) is 5.78. The summed E-state index contributed by atoms with van der Waals surface area (Å²) in [7, 11) is 1.57. The molecule has 1 aliphatic carbocycles. The van der Waals surface area contributed by atoms with Crippen LogP contribution < -0.4 is 15.4 Å². The Bertz CT molecular complexity index is 1200. The summed E-state index contributed by atoms with van der Waals surface area (Å²) in [4.78, 5) is 40.1. The standard InChI is InChI=1S/C28H26N2O4/c1-18-17-23(31)26(28(33)30-21-11-7-4-8-12-21)25(19-13-15-22(34-2)16-14-19)24(18)27(32)29-20-9-5-3-6-10-20/h3-17,24-26H,1-2H3,(H,29,32)(H,30,33)/t24-,25-,26+/m0/s1. The van der Waals surface area contributed by atoms with Crippen molar-refractivity contribution in [1.82, 2.24) is 0 Å². The zero-order chi connectivity index (χ0) is 24.1. The van der Waals surface area contributed by atoms with Gasteiger partial charge in [-0.3, -0.25) is 14.4 Å². The van der Waals surface area contributed by atoms with E-state index in [2.05, 4.69) is 10.6 Å². The van der Waals surface area contributed by atoms with Crippen molar-refractivity contribution in [2.45, 2.75) is 12.8 Å². The van der Waals surface area contributed by atoms with Crippen LogP contribution in [0.5, 0.6) is 5.75 Å². The lowest BCUT2D eigenvalue weighted by Crippen LogP contribution is -2.44. The molecule has 4 rings (SSSR count). The lowest BCUT2D eigenvalue weighted by Gasteiger charge is -2.35. The molecular formula is C28H26N2O4. The quantitative estimate of drug-likeness (QED) is 0.523. The minimum Gasteiger partial charge on any atom is -0.497 e. The third-order valence-electron chi connectivity index (χ3n) is 6.03. The monoisotopic (exact) mass is 454 g/mol. The Morgan fingerprint density at radius 1 is 0.735 bits per heavy atom. The van der Waals surface area contributed by atoms with Crippen molar-refractivity contribution in [2.24, 2.45) is 11.8 Å². The molecule has 1 aliphatic rings. The fraction of sp³-hybridized carbons (Fsp3) is 0.179. The number of anilines is 2. The van der Waals surface area contributed by atoms with Crippen LogP contribution in [-0.2, 0) is 14.4 Å². The predicted octanol–water partition coefficient (Wildman–Crippen LogP) is 4.82. The smallest absolute Gasteiger partial charge is 0.235 e. The first-order chi connectivity index (χ1) is 16.5. The van der Waals surface area contributed by atoms with E-state index in [1.54, 1.807) is 74.7 Å². The minimum atomic E-state index is -1.07. The van der Waals surface area contributed by atoms with Gasteiger partial charge < -0.3 is 15.4 Å². The van der Waals surface area contributed by atoms with Crippen LogP contribution in [0.15, 0.2) is 96.6 Å². The van der Waals surface area contributed by atoms with E-state index >= 15 is 0 Å². The van der Waals surface area contributed by atoms with Gasteiger partial charge in [0.15, 0.2) is 5.78 Å². The van der Waals surface area contributed by atoms with Crippen molar-refractivity contribution >= 4 is 29.0 Å². The van der Waals surface area contributed by atoms with Gasteiger partial charge in [-0.25, -0.2) is 0 Å². The van der Waals surface area contributed by atoms with Gasteiger partial charge in [-0.15, -0.1) is 0 Å². The number of para-hydroxylation sites is 2. The van der Waals surface area contributed by atoms with Crippen LogP contribution in [0, 0.1) is 11.8 Å². The molecule has 2 amide bonds. The zero-order valence-corrected chi connectivity index (χ0v) is 19.0. The van der Waals surface area contributed by atoms with E-state index in [0.29, 0.717) is 28.3 Å². The first kappa shape index (κ1) is 23.0. The number of hydrogen-bond donors (Lipinski definition) is 2. The van der Waals surface area contributed by atoms with Crippen LogP contribution in [-0.4, -0.2) is 24.7 Å². The lowest BCUT2D eigenvalue weighted by molar-refractivity contribution is -0.131. The summed E-state index contributed by atoms with van der Waals surface area (Å²) in [6.45, 7) is 1.76. The third-order valence-corrected chi connectivity index (χ3v) is 6.03. The summed E-state index contributed by atoms with van der Waals surface area (Å²) in [5.41, 5.74) is 2.56. The highest BCUT2D eigenvalue weighted by Gasteiger charge is 2.46. The van der Waals surface area contributed by atoms with Gasteiger partial charge >= 0.3 is 0 Å². The molecular weight excluding hydrogens is 428 g/mol. The van der Waals surface area contributed by atoms with E-state index in [9.17, 15) is 14.4 Å². The molecule has 0 unspecified atom stereocenters. The van der Waals surface area contributed by atoms with E-state index in [0.717, 1.165) is 0 Å². The Morgan fingerprint density at radius 2 is 1.24 bits per heavy atom. The molecule has 0 saturated carbocycles. The molecule has 6 nitrogen and oxygen atoms in total. The molecule has 3 aromatic rings. The zero-order valence-electron chi connectivity index (χ0n) is 19.0. The second-order valence-electron chi connectivity index (χ2n) is 8.26. The number of hydrogen-bond acceptors (Lipinski definition) is 4. The van der Waals surface area contributed by atoms with Crippen LogP contribution >= 0.6 is 0 Å². The molecule has 0 spiro atoms. The fourth-order valence-electron chi connectivity index (χ4n) is 4.41. The number of allylic oxidation sites excluding steroid dienone is 1. The molecule has 172 valence electrons. The van der Waals surface area contributed by atoms with E-state index < -0.39 is 23.7 Å². The van der Waals surface area contributed by atoms with Crippen LogP contribution in [0.3, 0.4) is 0 Å². The minimum absolute atomic E-state index is 0.272. The van der Waals surface area contributed by atoms with Gasteiger partial charge in [-0.05, 0) is 55.0 Å². The number of ether oxygens (including phenoxy) is 1. The topological polar surface area (TPSA) is 84.5 Å². The van der Waals surface area contributed by atoms with Gasteiger partial charge in [0, 0.05) is 17.3 Å². The van der Waals surface area contributed by atoms with Crippen LogP contribution in [0.4, 0.5) is 11.4 Å². The van der Waals surface area contributed by atoms with Gasteiger partial charge in [0.2, 0.25) is 11.8 Å². The average molecular weight is 455 g/mol. The van der Waals surface area contributed by atoms with Gasteiger partial charge in [-0.2, -0.15) is 0 Å². The molecule has 0 fully saturated rings. The molecule has 0 saturated heterocycles. The number of carbonyl (C=O) groups excluding carboxylic acids is 3. The lowest BCUT2D eigenvalue weighted by atomic mass is 9.67. The predicted molar refractivity (Wildman–Crippen MR) is 132 cm³/mol. The normalized spacial score (nSPS) is 19.6. The summed E-state index contributed by atoms with van der Waals surface area (Å²) < 4.78 is 5.27. The third kappa shape index (κ3) is 4.91. The SMILES string of the molecule is COc1ccc([C@@H]2[C@H](C(=O)Nc3ccccc3)C(=O)C=C(C)[C@@H]2C(=O)Nc2ccccc2)cc1. The van der Waals surface area contributed by atoms with E-state index in [-0.39, 0.29) is 11.7 Å². The van der Waals surface area contributed by atoms with Gasteiger partial charge in [0.1, 0.15) is 11.7 Å². The van der Waals surface area contributed by atoms with Crippen LogP contribution in [0.1, 0.15) is 18.4 Å². The molecule has 6 heteroatoms. The maximum atomic E-state index is 13.5. The second kappa shape index (κ2) is 10.2. The molecule has 34 heavy (non-hydrogen) atoms. The molecule has 0 aliphatic heterocycles. The Hall–Kier alpha value is -4.19. The summed E-state index contributed by atoms with van der Waals surface area (Å²) in [5.74, 6) is -2.86. The van der Waals surface area contributed by atoms with Gasteiger partial charge in [-0.1, -0.05) is 54.1 Å². The van der Waals surface area contributed by atoms with Gasteiger partial charge in [0.25, 0.3) is 0 Å². The van der Waals surface area contributed by atoms with E-state index in [1.807, 2.05) is 24.3 Å². The average Bonchev–Trinajstić information content (AvgIpc) is 2.84. The number of carbonyl (C=O) groups is 3. The molecule has 0 radical (unpaired) electrons. The Balaban J connectivity index is 1.74. The van der Waals surface area contributed by atoms with E-state index in [4.69, 9.17) is 4.74 Å². The number of benzene rings is 3. The molecule has 2 N–H and O–H groups in total. The van der Waals surface area contributed by atoms with Crippen molar-refractivity contribution in [3.8, 4) is 5.75 Å². The first-order valence-electron chi connectivity index (χ1n) is 11.1. The highest BCUT2D eigenvalue weighted by Crippen LogP contribution is 2.42. The first-order valence-corrected chi connectivity index (χ1v) is 11.1. The largest absolute Gasteiger partial charge is 0.497 e. The summed E-state index contributed by atoms with van der Waals surface area (Å²) >= 11 is 0. The number of nitrogens with one attached hydrogen (secondary N) is 2. The van der Waals surface area contributed by atoms with Gasteiger partial charge in [0.05, 0.1) is 13.0 Å². The number of rotatable bonds is 6. The van der Waals surface area contributed by atoms with Crippen LogP contribution in [0.25, 0.3) is 0 Å². The van der Waals surface area contributed by atoms with Crippen molar-refractivity contribution in [3.05, 3.63) is 102 Å². The maximum absolute atomic E-state index is 13.5. The number of ketones is 1. The maximum Gasteiger partial charge on any atom is 0.235 e. The highest BCUT2D eigenvalue weighted by molar-refractivity contribution is 6.14. The van der Waals surface area contributed by atoms with Crippen molar-refractivity contribution in [1.29, 1.82) is 0 Å². The summed E-state index contributed by atoms with van der Waals surface area (Å²) in [6.07, 6.45) is 1.42. The Kier molecular flexibility index (Phi) is 6.87. The van der Waals surface area contributed by atoms with E-state index in [1.165, 1.54) is 6.08 Å². The van der Waals surface area contributed by atoms with Crippen molar-refractivity contribution in [3.63, 3.8) is 0 Å². The molecule has 0 aromatic heterocycles. The molecule has 0 heterocycles. The molecule has 0 bridgehead atoms. The number of methoxy groups -OCH3 is 1. The summed E-state index contributed by atoms with van der Waals surface area (Å²) in [6, 6.07) is 25.3. The van der Waals surface area contributed by atoms with Crippen LogP contribution in [0.2, 0.25) is 0 Å². The Labute approximate surface area is 198 Å². The molecule has 3 atom stereocenters. The second-order valence-corrected chi connectivity index (χ2v) is 8.26. The fourth-order valence-corrected chi connectivity index (χ4v) is 4.41. The van der Waals surface area contributed by atoms with Crippen molar-refractivity contribution < 1.29 is 19.1 Å². The molecule has 3 aromatic carbocycles. The number of amides is 2. The highest BCUT2D eigenvalue weighted by atomic mass is 16.5. The van der Waals surface area contributed by atoms with Crippen molar-refractivity contribution in [2.75, 3.05) is 17.7 Å². The Morgan fingerprint density at radius 3 is 1.74 bits per heavy atom.